The molecule has 1 saturated heterocycles. The van der Waals surface area contributed by atoms with Gasteiger partial charge < -0.3 is 19.3 Å². The number of ketones is 1. The first-order valence-corrected chi connectivity index (χ1v) is 12.8. The van der Waals surface area contributed by atoms with Gasteiger partial charge in [-0.25, -0.2) is 0 Å². The highest BCUT2D eigenvalue weighted by Gasteiger charge is 2.47. The molecule has 0 aromatic heterocycles. The van der Waals surface area contributed by atoms with Crippen molar-refractivity contribution < 1.29 is 28.9 Å². The van der Waals surface area contributed by atoms with E-state index in [0.29, 0.717) is 52.5 Å². The zero-order valence-electron chi connectivity index (χ0n) is 21.9. The molecule has 5 rings (SSSR count). The normalized spacial score (nSPS) is 18.1. The molecule has 1 amide bonds. The second-order valence-corrected chi connectivity index (χ2v) is 10.3. The van der Waals surface area contributed by atoms with E-state index in [9.17, 15) is 14.7 Å². The van der Waals surface area contributed by atoms with Crippen molar-refractivity contribution in [2.75, 3.05) is 18.3 Å². The number of ether oxygens (including phenoxy) is 3. The third kappa shape index (κ3) is 4.72. The molecule has 0 spiro atoms. The molecule has 3 aromatic rings. The average molecular weight is 514 g/mol. The molecular formula is C31H31NO6. The number of hydrogen-bond acceptors (Lipinski definition) is 6. The van der Waals surface area contributed by atoms with Crippen LogP contribution in [-0.2, 0) is 9.59 Å². The summed E-state index contributed by atoms with van der Waals surface area (Å²) in [6.07, 6.45) is 0. The summed E-state index contributed by atoms with van der Waals surface area (Å²) in [5, 5.41) is 11.5. The lowest BCUT2D eigenvalue weighted by Crippen LogP contribution is -2.29. The number of anilines is 1. The molecule has 7 nitrogen and oxygen atoms in total. The molecule has 196 valence electrons. The highest BCUT2D eigenvalue weighted by atomic mass is 16.7. The topological polar surface area (TPSA) is 85.3 Å². The molecule has 2 aliphatic rings. The molecule has 0 saturated carbocycles. The summed E-state index contributed by atoms with van der Waals surface area (Å²) in [7, 11) is 0. The summed E-state index contributed by atoms with van der Waals surface area (Å²) in [6, 6.07) is 19.0. The molecule has 0 aliphatic carbocycles. The van der Waals surface area contributed by atoms with Crippen LogP contribution in [0.3, 0.4) is 0 Å². The van der Waals surface area contributed by atoms with Gasteiger partial charge in [0.1, 0.15) is 11.5 Å². The van der Waals surface area contributed by atoms with Crippen molar-refractivity contribution in [3.63, 3.8) is 0 Å². The molecule has 1 N–H and O–H groups in total. The lowest BCUT2D eigenvalue weighted by atomic mass is 9.93. The zero-order valence-corrected chi connectivity index (χ0v) is 21.9. The van der Waals surface area contributed by atoms with Gasteiger partial charge in [0.15, 0.2) is 11.5 Å². The Morgan fingerprint density at radius 1 is 0.974 bits per heavy atom. The molecular weight excluding hydrogens is 482 g/mol. The Balaban J connectivity index is 1.63. The fraction of sp³-hybridized carbons (Fsp3) is 0.290. The van der Waals surface area contributed by atoms with E-state index in [1.165, 1.54) is 4.90 Å². The van der Waals surface area contributed by atoms with Gasteiger partial charge in [0.05, 0.1) is 18.2 Å². The minimum atomic E-state index is -0.836. The Hall–Kier alpha value is -4.26. The number of fused-ring (bicyclic) bond motifs is 1. The molecule has 0 radical (unpaired) electrons. The Bertz CT molecular complexity index is 1410. The Labute approximate surface area is 222 Å². The van der Waals surface area contributed by atoms with Crippen LogP contribution in [0.4, 0.5) is 5.69 Å². The fourth-order valence-corrected chi connectivity index (χ4v) is 4.66. The summed E-state index contributed by atoms with van der Waals surface area (Å²) < 4.78 is 16.8. The molecule has 1 atom stereocenters. The van der Waals surface area contributed by atoms with Gasteiger partial charge in [0.2, 0.25) is 6.79 Å². The lowest BCUT2D eigenvalue weighted by molar-refractivity contribution is -0.132. The molecule has 0 bridgehead atoms. The summed E-state index contributed by atoms with van der Waals surface area (Å²) in [5.41, 5.74) is 2.73. The third-order valence-electron chi connectivity index (χ3n) is 6.69. The smallest absolute Gasteiger partial charge is 0.300 e. The quantitative estimate of drug-likeness (QED) is 0.230. The maximum atomic E-state index is 13.5. The highest BCUT2D eigenvalue weighted by Crippen LogP contribution is 2.45. The predicted molar refractivity (Wildman–Crippen MR) is 145 cm³/mol. The van der Waals surface area contributed by atoms with Crippen LogP contribution >= 0.6 is 0 Å². The molecule has 1 fully saturated rings. The van der Waals surface area contributed by atoms with E-state index in [-0.39, 0.29) is 18.1 Å². The molecule has 7 heteroatoms. The monoisotopic (exact) mass is 513 g/mol. The number of carbonyl (C=O) groups is 2. The van der Waals surface area contributed by atoms with Gasteiger partial charge in [-0.1, -0.05) is 64.1 Å². The second-order valence-electron chi connectivity index (χ2n) is 10.3. The minimum Gasteiger partial charge on any atom is -0.507 e. The van der Waals surface area contributed by atoms with Gasteiger partial charge in [-0.05, 0) is 47.2 Å². The maximum absolute atomic E-state index is 13.5. The van der Waals surface area contributed by atoms with E-state index in [2.05, 4.69) is 13.8 Å². The van der Waals surface area contributed by atoms with Crippen LogP contribution in [0, 0.1) is 5.92 Å². The van der Waals surface area contributed by atoms with Gasteiger partial charge in [-0.3, -0.25) is 14.5 Å². The maximum Gasteiger partial charge on any atom is 0.300 e. The highest BCUT2D eigenvalue weighted by molar-refractivity contribution is 6.51. The van der Waals surface area contributed by atoms with Crippen LogP contribution < -0.4 is 19.1 Å². The van der Waals surface area contributed by atoms with E-state index in [1.54, 1.807) is 42.5 Å². The van der Waals surface area contributed by atoms with Crippen molar-refractivity contribution in [2.24, 2.45) is 5.92 Å². The van der Waals surface area contributed by atoms with Crippen LogP contribution in [0.1, 0.15) is 56.3 Å². The van der Waals surface area contributed by atoms with Gasteiger partial charge in [0.25, 0.3) is 11.7 Å². The van der Waals surface area contributed by atoms with Crippen molar-refractivity contribution in [1.29, 1.82) is 0 Å². The van der Waals surface area contributed by atoms with Crippen LogP contribution in [0.25, 0.3) is 5.76 Å². The predicted octanol–water partition coefficient (Wildman–Crippen LogP) is 6.20. The van der Waals surface area contributed by atoms with Crippen LogP contribution in [0.5, 0.6) is 17.2 Å². The van der Waals surface area contributed by atoms with E-state index in [0.717, 1.165) is 5.56 Å². The van der Waals surface area contributed by atoms with Gasteiger partial charge >= 0.3 is 0 Å². The Morgan fingerprint density at radius 2 is 1.71 bits per heavy atom. The number of rotatable bonds is 7. The van der Waals surface area contributed by atoms with Crippen LogP contribution in [0.15, 0.2) is 72.3 Å². The van der Waals surface area contributed by atoms with E-state index >= 15 is 0 Å². The van der Waals surface area contributed by atoms with Gasteiger partial charge in [-0.15, -0.1) is 0 Å². The van der Waals surface area contributed by atoms with Crippen LogP contribution in [-0.4, -0.2) is 30.2 Å². The summed E-state index contributed by atoms with van der Waals surface area (Å²) >= 11 is 0. The Kier molecular flexibility index (Phi) is 6.85. The number of hydrogen-bond donors (Lipinski definition) is 1. The summed E-state index contributed by atoms with van der Waals surface area (Å²) in [6.45, 7) is 8.90. The first-order valence-electron chi connectivity index (χ1n) is 12.8. The molecule has 38 heavy (non-hydrogen) atoms. The fourth-order valence-electron chi connectivity index (χ4n) is 4.66. The first-order chi connectivity index (χ1) is 18.2. The van der Waals surface area contributed by atoms with E-state index < -0.39 is 17.7 Å². The number of carbonyl (C=O) groups excluding carboxylic acids is 2. The SMILES string of the molecule is CC(C)COc1cccc(/C(O)=C2\C(=O)C(=O)N(c3ccc4c(c3)OCO4)C2c2ccc(C(C)C)cc2)c1. The molecule has 2 heterocycles. The van der Waals surface area contributed by atoms with Crippen molar-refractivity contribution in [2.45, 2.75) is 39.7 Å². The van der Waals surface area contributed by atoms with Crippen LogP contribution in [0.2, 0.25) is 0 Å². The van der Waals surface area contributed by atoms with Crippen molar-refractivity contribution in [3.05, 3.63) is 89.0 Å². The second kappa shape index (κ2) is 10.2. The van der Waals surface area contributed by atoms with E-state index in [1.807, 2.05) is 38.1 Å². The largest absolute Gasteiger partial charge is 0.507 e. The first kappa shape index (κ1) is 25.4. The number of aliphatic hydroxyl groups is 1. The number of Topliss-reactive ketones (excluding diaryl/α,β-unsaturated/α-hetero) is 1. The Morgan fingerprint density at radius 3 is 2.42 bits per heavy atom. The number of nitrogens with zero attached hydrogens (tertiary/aromatic N) is 1. The number of amides is 1. The molecule has 2 aliphatic heterocycles. The zero-order chi connectivity index (χ0) is 27.0. The number of benzene rings is 3. The average Bonchev–Trinajstić information content (AvgIpc) is 3.49. The lowest BCUT2D eigenvalue weighted by Gasteiger charge is -2.26. The van der Waals surface area contributed by atoms with Crippen molar-refractivity contribution in [1.82, 2.24) is 0 Å². The summed E-state index contributed by atoms with van der Waals surface area (Å²) in [5.74, 6) is 0.549. The molecule has 3 aromatic carbocycles. The van der Waals surface area contributed by atoms with Crippen molar-refractivity contribution >= 4 is 23.1 Å². The van der Waals surface area contributed by atoms with Gasteiger partial charge in [0, 0.05) is 17.3 Å². The number of aliphatic hydroxyl groups excluding tert-OH is 1. The summed E-state index contributed by atoms with van der Waals surface area (Å²) in [4.78, 5) is 28.4. The third-order valence-corrected chi connectivity index (χ3v) is 6.69. The van der Waals surface area contributed by atoms with E-state index in [4.69, 9.17) is 14.2 Å². The molecule has 1 unspecified atom stereocenters. The van der Waals surface area contributed by atoms with Crippen molar-refractivity contribution in [3.8, 4) is 17.2 Å². The standard InChI is InChI=1S/C31H31NO6/c1-18(2)16-36-24-7-5-6-22(14-24)29(33)27-28(21-10-8-20(9-11-21)19(3)4)32(31(35)30(27)34)23-12-13-25-26(15-23)38-17-37-25/h5-15,18-19,28,33H,16-17H2,1-4H3/b29-27+. The van der Waals surface area contributed by atoms with Gasteiger partial charge in [-0.2, -0.15) is 0 Å². The minimum absolute atomic E-state index is 0.0194.